The number of aromatic nitrogens is 3. The molecule has 3 atom stereocenters. The molecule has 4 aromatic rings. The summed E-state index contributed by atoms with van der Waals surface area (Å²) >= 11 is 0. The Kier molecular flexibility index (Phi) is 8.50. The highest BCUT2D eigenvalue weighted by atomic mass is 19.1. The van der Waals surface area contributed by atoms with E-state index in [9.17, 15) is 14.6 Å². The normalized spacial score (nSPS) is 26.1. The average Bonchev–Trinajstić information content (AvgIpc) is 3.43. The molecule has 262 valence electrons. The fourth-order valence-electron chi connectivity index (χ4n) is 8.61. The van der Waals surface area contributed by atoms with Crippen molar-refractivity contribution >= 4 is 27.5 Å². The van der Waals surface area contributed by atoms with Gasteiger partial charge in [0.05, 0.1) is 50.5 Å². The van der Waals surface area contributed by atoms with Crippen LogP contribution < -0.4 is 9.64 Å². The number of terminal acetylenes is 1. The zero-order chi connectivity index (χ0) is 34.6. The standard InChI is InChI=1S/C38H41F2N5O5/c1-3-26-29(39)8-7-24-14-25(46)15-27(31(24)26)33-32(40)34-28(16-41-33)35(45-12-13-48-21-37(2,47)20-45)43-36(42-34)50-22-38-9-4-6-30(38)44(11-5-10-38)17-23-18-49-19-23/h1,7-8,14-16,23,30,46-47H,4-6,9-13,17-22H2,2H3. The van der Waals surface area contributed by atoms with Gasteiger partial charge in [-0.1, -0.05) is 18.4 Å². The number of pyridine rings is 1. The number of fused-ring (bicyclic) bond motifs is 3. The largest absolute Gasteiger partial charge is 0.508 e. The molecule has 3 aliphatic heterocycles. The molecular formula is C38H41F2N5O5. The van der Waals surface area contributed by atoms with Gasteiger partial charge in [0.1, 0.15) is 34.2 Å². The summed E-state index contributed by atoms with van der Waals surface area (Å²) in [7, 11) is 0. The number of ether oxygens (including phenoxy) is 3. The number of halogens is 2. The summed E-state index contributed by atoms with van der Waals surface area (Å²) in [6, 6.07) is 5.87. The van der Waals surface area contributed by atoms with E-state index < -0.39 is 17.2 Å². The van der Waals surface area contributed by atoms with E-state index in [1.165, 1.54) is 30.5 Å². The molecule has 0 amide bonds. The van der Waals surface area contributed by atoms with Gasteiger partial charge >= 0.3 is 6.01 Å². The van der Waals surface area contributed by atoms with Gasteiger partial charge < -0.3 is 29.3 Å². The lowest BCUT2D eigenvalue weighted by atomic mass is 9.75. The molecule has 3 unspecified atom stereocenters. The van der Waals surface area contributed by atoms with Crippen LogP contribution in [0.3, 0.4) is 0 Å². The number of piperidine rings is 1. The predicted molar refractivity (Wildman–Crippen MR) is 184 cm³/mol. The number of anilines is 1. The monoisotopic (exact) mass is 685 g/mol. The molecule has 2 N–H and O–H groups in total. The van der Waals surface area contributed by atoms with Crippen molar-refractivity contribution in [3.05, 3.63) is 47.7 Å². The van der Waals surface area contributed by atoms with Gasteiger partial charge in [0.2, 0.25) is 0 Å². The molecule has 0 bridgehead atoms. The lowest BCUT2D eigenvalue weighted by Crippen LogP contribution is -2.54. The van der Waals surface area contributed by atoms with Gasteiger partial charge in [0.15, 0.2) is 5.82 Å². The van der Waals surface area contributed by atoms with Crippen molar-refractivity contribution in [2.75, 3.05) is 64.1 Å². The molecule has 3 saturated heterocycles. The molecule has 8 rings (SSSR count). The highest BCUT2D eigenvalue weighted by Gasteiger charge is 2.49. The topological polar surface area (TPSA) is 113 Å². The van der Waals surface area contributed by atoms with Crippen LogP contribution in [-0.2, 0) is 9.47 Å². The molecule has 5 heterocycles. The minimum Gasteiger partial charge on any atom is -0.508 e. The molecule has 50 heavy (non-hydrogen) atoms. The minimum atomic E-state index is -1.19. The molecule has 12 heteroatoms. The predicted octanol–water partition coefficient (Wildman–Crippen LogP) is 5.06. The smallest absolute Gasteiger partial charge is 0.319 e. The Labute approximate surface area is 289 Å². The zero-order valence-corrected chi connectivity index (χ0v) is 28.1. The van der Waals surface area contributed by atoms with E-state index in [1.54, 1.807) is 6.92 Å². The van der Waals surface area contributed by atoms with Crippen molar-refractivity contribution in [2.45, 2.75) is 50.7 Å². The van der Waals surface area contributed by atoms with Crippen molar-refractivity contribution in [3.63, 3.8) is 0 Å². The molecule has 2 aromatic heterocycles. The minimum absolute atomic E-state index is 0.0222. The van der Waals surface area contributed by atoms with Crippen molar-refractivity contribution in [1.29, 1.82) is 0 Å². The lowest BCUT2D eigenvalue weighted by molar-refractivity contribution is -0.0731. The van der Waals surface area contributed by atoms with Crippen molar-refractivity contribution in [1.82, 2.24) is 19.9 Å². The maximum atomic E-state index is 17.0. The number of likely N-dealkylation sites (tertiary alicyclic amines) is 1. The van der Waals surface area contributed by atoms with Gasteiger partial charge in [-0.05, 0) is 62.7 Å². The first-order chi connectivity index (χ1) is 24.1. The number of aromatic hydroxyl groups is 1. The van der Waals surface area contributed by atoms with E-state index in [2.05, 4.69) is 20.8 Å². The number of hydrogen-bond acceptors (Lipinski definition) is 10. The van der Waals surface area contributed by atoms with E-state index in [-0.39, 0.29) is 58.1 Å². The molecule has 1 aliphatic carbocycles. The van der Waals surface area contributed by atoms with Gasteiger partial charge in [-0.2, -0.15) is 9.97 Å². The Hall–Kier alpha value is -4.15. The Bertz CT molecular complexity index is 2000. The average molecular weight is 686 g/mol. The second kappa shape index (κ2) is 12.9. The number of hydrogen-bond donors (Lipinski definition) is 2. The van der Waals surface area contributed by atoms with E-state index in [0.717, 1.165) is 58.4 Å². The highest BCUT2D eigenvalue weighted by molar-refractivity contribution is 6.03. The number of nitrogens with zero attached hydrogens (tertiary/aromatic N) is 5. The fraction of sp³-hybridized carbons (Fsp3) is 0.500. The highest BCUT2D eigenvalue weighted by Crippen LogP contribution is 2.48. The number of aliphatic hydroxyl groups is 1. The zero-order valence-electron chi connectivity index (χ0n) is 28.1. The fourth-order valence-corrected chi connectivity index (χ4v) is 8.61. The van der Waals surface area contributed by atoms with Crippen LogP contribution in [0.1, 0.15) is 44.6 Å². The van der Waals surface area contributed by atoms with Gasteiger partial charge in [0, 0.05) is 47.6 Å². The van der Waals surface area contributed by atoms with Crippen LogP contribution in [0.4, 0.5) is 14.6 Å². The summed E-state index contributed by atoms with van der Waals surface area (Å²) in [5, 5.41) is 22.6. The first-order valence-corrected chi connectivity index (χ1v) is 17.4. The lowest BCUT2D eigenvalue weighted by Gasteiger charge is -2.48. The molecular weight excluding hydrogens is 644 g/mol. The summed E-state index contributed by atoms with van der Waals surface area (Å²) in [4.78, 5) is 18.4. The SMILES string of the molecule is C#Cc1c(F)ccc2cc(O)cc(-c3ncc4c(N5CCOCC(C)(O)C5)nc(OCC56CCCC5N(CC5COC5)CCC6)nc4c3F)c12. The first-order valence-electron chi connectivity index (χ1n) is 17.4. The third-order valence-electron chi connectivity index (χ3n) is 11.0. The molecule has 2 aromatic carbocycles. The van der Waals surface area contributed by atoms with Crippen LogP contribution in [0.5, 0.6) is 11.8 Å². The molecule has 4 aliphatic rings. The number of rotatable bonds is 7. The van der Waals surface area contributed by atoms with Crippen molar-refractivity contribution in [2.24, 2.45) is 11.3 Å². The van der Waals surface area contributed by atoms with E-state index >= 15 is 4.39 Å². The summed E-state index contributed by atoms with van der Waals surface area (Å²) in [6.45, 7) is 6.82. The van der Waals surface area contributed by atoms with Crippen molar-refractivity contribution < 1.29 is 33.2 Å². The third-order valence-corrected chi connectivity index (χ3v) is 11.0. The molecule has 4 fully saturated rings. The summed E-state index contributed by atoms with van der Waals surface area (Å²) in [5.41, 5.74) is -1.39. The van der Waals surface area contributed by atoms with Crippen molar-refractivity contribution in [3.8, 4) is 35.4 Å². The van der Waals surface area contributed by atoms with E-state index in [1.807, 2.05) is 4.90 Å². The molecule has 0 spiro atoms. The van der Waals surface area contributed by atoms with E-state index in [4.69, 9.17) is 25.6 Å². The Morgan fingerprint density at radius 2 is 1.96 bits per heavy atom. The van der Waals surface area contributed by atoms with Crippen LogP contribution in [0.15, 0.2) is 30.5 Å². The number of benzene rings is 2. The Morgan fingerprint density at radius 3 is 2.76 bits per heavy atom. The number of phenols is 1. The van der Waals surface area contributed by atoms with Crippen LogP contribution >= 0.6 is 0 Å². The molecule has 1 saturated carbocycles. The van der Waals surface area contributed by atoms with Gasteiger partial charge in [-0.15, -0.1) is 6.42 Å². The first kappa shape index (κ1) is 33.0. The van der Waals surface area contributed by atoms with E-state index in [0.29, 0.717) is 48.3 Å². The molecule has 10 nitrogen and oxygen atoms in total. The molecule has 0 radical (unpaired) electrons. The summed E-state index contributed by atoms with van der Waals surface area (Å²) in [6.07, 6.45) is 12.5. The summed E-state index contributed by atoms with van der Waals surface area (Å²) in [5.74, 6) is 1.72. The second-order valence-corrected chi connectivity index (χ2v) is 14.7. The quantitative estimate of drug-likeness (QED) is 0.256. The second-order valence-electron chi connectivity index (χ2n) is 14.7. The van der Waals surface area contributed by atoms with Gasteiger partial charge in [-0.25, -0.2) is 8.78 Å². The van der Waals surface area contributed by atoms with Crippen LogP contribution in [-0.4, -0.2) is 101 Å². The van der Waals surface area contributed by atoms with Gasteiger partial charge in [-0.3, -0.25) is 9.88 Å². The Morgan fingerprint density at radius 1 is 1.12 bits per heavy atom. The maximum absolute atomic E-state index is 17.0. The van der Waals surface area contributed by atoms with Gasteiger partial charge in [0.25, 0.3) is 0 Å². The Balaban J connectivity index is 1.23. The third kappa shape index (κ3) is 5.90. The van der Waals surface area contributed by atoms with Crippen LogP contribution in [0, 0.1) is 35.3 Å². The summed E-state index contributed by atoms with van der Waals surface area (Å²) < 4.78 is 49.5. The maximum Gasteiger partial charge on any atom is 0.319 e. The van der Waals surface area contributed by atoms with Crippen LogP contribution in [0.25, 0.3) is 32.9 Å². The van der Waals surface area contributed by atoms with Crippen LogP contribution in [0.2, 0.25) is 0 Å². The number of phenolic OH excluding ortho intramolecular Hbond substituents is 1. The number of β-amino-alcohol motifs (C(OH)–C–C–N with tert-alkyl or cyclic N) is 1.